The zero-order valence-corrected chi connectivity index (χ0v) is 8.20. The van der Waals surface area contributed by atoms with Crippen molar-refractivity contribution in [2.24, 2.45) is 5.41 Å². The second-order valence-corrected chi connectivity index (χ2v) is 3.80. The van der Waals surface area contributed by atoms with Gasteiger partial charge in [0.15, 0.2) is 0 Å². The molecule has 0 saturated heterocycles. The molecule has 0 spiro atoms. The number of carbonyl (C=O) groups is 1. The quantitative estimate of drug-likeness (QED) is 0.807. The Hall–Kier alpha value is -1.38. The molecule has 1 unspecified atom stereocenters. The molecule has 76 valence electrons. The van der Waals surface area contributed by atoms with Gasteiger partial charge in [0.1, 0.15) is 6.17 Å². The Morgan fingerprint density at radius 1 is 1.36 bits per heavy atom. The van der Waals surface area contributed by atoms with Gasteiger partial charge < -0.3 is 5.11 Å². The first-order chi connectivity index (χ1) is 6.46. The third-order valence-corrected chi connectivity index (χ3v) is 2.28. The van der Waals surface area contributed by atoms with E-state index in [1.54, 1.807) is 30.3 Å². The molecule has 0 radical (unpaired) electrons. The first-order valence-corrected chi connectivity index (χ1v) is 4.38. The number of carboxylic acid groups (broad SMARTS) is 1. The minimum absolute atomic E-state index is 0.403. The first kappa shape index (κ1) is 10.7. The monoisotopic (exact) mass is 196 g/mol. The van der Waals surface area contributed by atoms with E-state index in [-0.39, 0.29) is 0 Å². The van der Waals surface area contributed by atoms with E-state index in [0.717, 1.165) is 0 Å². The number of benzene rings is 1. The van der Waals surface area contributed by atoms with E-state index in [1.807, 2.05) is 0 Å². The molecule has 0 aliphatic heterocycles. The lowest BCUT2D eigenvalue weighted by Crippen LogP contribution is -2.28. The van der Waals surface area contributed by atoms with Crippen molar-refractivity contribution in [2.75, 3.05) is 0 Å². The van der Waals surface area contributed by atoms with Crippen molar-refractivity contribution in [3.63, 3.8) is 0 Å². The number of hydrogen-bond donors (Lipinski definition) is 1. The lowest BCUT2D eigenvalue weighted by Gasteiger charge is -2.23. The normalized spacial score (nSPS) is 13.6. The van der Waals surface area contributed by atoms with E-state index >= 15 is 0 Å². The van der Waals surface area contributed by atoms with Gasteiger partial charge in [-0.25, -0.2) is 4.39 Å². The third-order valence-electron chi connectivity index (χ3n) is 2.28. The van der Waals surface area contributed by atoms with Crippen LogP contribution in [0.3, 0.4) is 0 Å². The maximum Gasteiger partial charge on any atom is 0.312 e. The molecule has 1 aromatic rings. The molecule has 0 bridgehead atoms. The van der Waals surface area contributed by atoms with Gasteiger partial charge in [-0.3, -0.25) is 4.79 Å². The van der Waals surface area contributed by atoms with Gasteiger partial charge in [0.05, 0.1) is 5.41 Å². The maximum atomic E-state index is 13.8. The van der Waals surface area contributed by atoms with Gasteiger partial charge in [0, 0.05) is 0 Å². The standard InChI is InChI=1S/C11H13FO2/c1-11(2,10(13)14)9(12)8-6-4-3-5-7-8/h3-7,9H,1-2H3,(H,13,14). The van der Waals surface area contributed by atoms with Crippen LogP contribution in [0.2, 0.25) is 0 Å². The van der Waals surface area contributed by atoms with Crippen molar-refractivity contribution < 1.29 is 14.3 Å². The number of aliphatic carboxylic acids is 1. The van der Waals surface area contributed by atoms with Crippen LogP contribution in [0.15, 0.2) is 30.3 Å². The van der Waals surface area contributed by atoms with Gasteiger partial charge in [0.25, 0.3) is 0 Å². The van der Waals surface area contributed by atoms with Crippen LogP contribution in [0.5, 0.6) is 0 Å². The summed E-state index contributed by atoms with van der Waals surface area (Å²) in [6, 6.07) is 8.34. The molecule has 1 atom stereocenters. The Bertz CT molecular complexity index is 319. The highest BCUT2D eigenvalue weighted by Gasteiger charge is 2.38. The van der Waals surface area contributed by atoms with Gasteiger partial charge in [0.2, 0.25) is 0 Å². The summed E-state index contributed by atoms with van der Waals surface area (Å²) in [5, 5.41) is 8.83. The highest BCUT2D eigenvalue weighted by molar-refractivity contribution is 5.74. The second-order valence-electron chi connectivity index (χ2n) is 3.80. The lowest BCUT2D eigenvalue weighted by atomic mass is 9.84. The van der Waals surface area contributed by atoms with Gasteiger partial charge in [-0.05, 0) is 19.4 Å². The fourth-order valence-corrected chi connectivity index (χ4v) is 1.15. The molecule has 2 nitrogen and oxygen atoms in total. The zero-order valence-electron chi connectivity index (χ0n) is 8.20. The van der Waals surface area contributed by atoms with Crippen LogP contribution in [-0.4, -0.2) is 11.1 Å². The van der Waals surface area contributed by atoms with Crippen LogP contribution in [0.1, 0.15) is 25.6 Å². The molecule has 0 amide bonds. The summed E-state index contributed by atoms with van der Waals surface area (Å²) >= 11 is 0. The summed E-state index contributed by atoms with van der Waals surface area (Å²) in [7, 11) is 0. The van der Waals surface area contributed by atoms with E-state index in [2.05, 4.69) is 0 Å². The van der Waals surface area contributed by atoms with Crippen LogP contribution < -0.4 is 0 Å². The fourth-order valence-electron chi connectivity index (χ4n) is 1.15. The molecule has 1 N–H and O–H groups in total. The molecule has 0 saturated carbocycles. The molecule has 1 aromatic carbocycles. The van der Waals surface area contributed by atoms with Crippen molar-refractivity contribution in [3.05, 3.63) is 35.9 Å². The molecule has 0 heterocycles. The maximum absolute atomic E-state index is 13.8. The average molecular weight is 196 g/mol. The topological polar surface area (TPSA) is 37.3 Å². The molecule has 0 aliphatic carbocycles. The molecule has 1 rings (SSSR count). The second kappa shape index (κ2) is 3.78. The van der Waals surface area contributed by atoms with Crippen molar-refractivity contribution >= 4 is 5.97 Å². The predicted octanol–water partition coefficient (Wildman–Crippen LogP) is 2.81. The molecule has 14 heavy (non-hydrogen) atoms. The van der Waals surface area contributed by atoms with Crippen LogP contribution in [0.4, 0.5) is 4.39 Å². The van der Waals surface area contributed by atoms with Crippen molar-refractivity contribution in [2.45, 2.75) is 20.0 Å². The van der Waals surface area contributed by atoms with Crippen molar-refractivity contribution in [1.29, 1.82) is 0 Å². The Labute approximate surface area is 82.4 Å². The molecule has 0 aromatic heterocycles. The Balaban J connectivity index is 2.96. The van der Waals surface area contributed by atoms with Gasteiger partial charge in [-0.15, -0.1) is 0 Å². The molecule has 0 fully saturated rings. The third kappa shape index (κ3) is 1.92. The average Bonchev–Trinajstić information content (AvgIpc) is 2.17. The fraction of sp³-hybridized carbons (Fsp3) is 0.364. The molecular weight excluding hydrogens is 183 g/mol. The smallest absolute Gasteiger partial charge is 0.312 e. The number of alkyl halides is 1. The van der Waals surface area contributed by atoms with Crippen LogP contribution in [-0.2, 0) is 4.79 Å². The first-order valence-electron chi connectivity index (χ1n) is 4.38. The molecule has 3 heteroatoms. The highest BCUT2D eigenvalue weighted by Crippen LogP contribution is 2.36. The lowest BCUT2D eigenvalue weighted by molar-refractivity contribution is -0.150. The van der Waals surface area contributed by atoms with Gasteiger partial charge in [-0.2, -0.15) is 0 Å². The summed E-state index contributed by atoms with van der Waals surface area (Å²) in [6.45, 7) is 2.76. The van der Waals surface area contributed by atoms with Crippen LogP contribution in [0.25, 0.3) is 0 Å². The van der Waals surface area contributed by atoms with Gasteiger partial charge in [-0.1, -0.05) is 30.3 Å². The Morgan fingerprint density at radius 2 is 1.86 bits per heavy atom. The summed E-state index contributed by atoms with van der Waals surface area (Å²) in [5.74, 6) is -1.13. The van der Waals surface area contributed by atoms with Gasteiger partial charge >= 0.3 is 5.97 Å². The molecular formula is C11H13FO2. The number of halogens is 1. The summed E-state index contributed by atoms with van der Waals surface area (Å²) < 4.78 is 13.8. The number of hydrogen-bond acceptors (Lipinski definition) is 1. The SMILES string of the molecule is CC(C)(C(=O)O)C(F)c1ccccc1. The van der Waals surface area contributed by atoms with E-state index in [0.29, 0.717) is 5.56 Å². The summed E-state index contributed by atoms with van der Waals surface area (Å²) in [4.78, 5) is 10.8. The van der Waals surface area contributed by atoms with E-state index in [4.69, 9.17) is 5.11 Å². The summed E-state index contributed by atoms with van der Waals surface area (Å²) in [5.41, 5.74) is -0.985. The van der Waals surface area contributed by atoms with Crippen LogP contribution >= 0.6 is 0 Å². The Kier molecular flexibility index (Phi) is 2.89. The van der Waals surface area contributed by atoms with E-state index in [1.165, 1.54) is 13.8 Å². The van der Waals surface area contributed by atoms with Crippen molar-refractivity contribution in [3.8, 4) is 0 Å². The van der Waals surface area contributed by atoms with Crippen LogP contribution in [0, 0.1) is 5.41 Å². The minimum Gasteiger partial charge on any atom is -0.481 e. The minimum atomic E-state index is -1.48. The van der Waals surface area contributed by atoms with Crippen molar-refractivity contribution in [1.82, 2.24) is 0 Å². The summed E-state index contributed by atoms with van der Waals surface area (Å²) in [6.07, 6.45) is -1.48. The van der Waals surface area contributed by atoms with E-state index in [9.17, 15) is 9.18 Å². The zero-order chi connectivity index (χ0) is 10.8. The molecule has 0 aliphatic rings. The van der Waals surface area contributed by atoms with E-state index < -0.39 is 17.6 Å². The number of rotatable bonds is 3. The Morgan fingerprint density at radius 3 is 2.29 bits per heavy atom. The largest absolute Gasteiger partial charge is 0.481 e. The predicted molar refractivity (Wildman–Crippen MR) is 51.7 cm³/mol. The number of carboxylic acids is 1. The highest BCUT2D eigenvalue weighted by atomic mass is 19.1.